The van der Waals surface area contributed by atoms with Gasteiger partial charge in [-0.3, -0.25) is 0 Å². The summed E-state index contributed by atoms with van der Waals surface area (Å²) >= 11 is 3.35. The molecule has 0 heterocycles. The van der Waals surface area contributed by atoms with E-state index in [1.807, 2.05) is 0 Å². The molecular weight excluding hydrogens is 271 g/mol. The molecule has 88 valence electrons. The van der Waals surface area contributed by atoms with Crippen molar-refractivity contribution >= 4 is 15.9 Å². The van der Waals surface area contributed by atoms with Gasteiger partial charge in [-0.2, -0.15) is 0 Å². The van der Waals surface area contributed by atoms with E-state index in [0.717, 1.165) is 35.7 Å². The zero-order chi connectivity index (χ0) is 11.6. The summed E-state index contributed by atoms with van der Waals surface area (Å²) in [5.41, 5.74) is 0.407. The fraction of sp³-hybridized carbons (Fsp3) is 0.538. The molecular formula is C13H16BrFO. The third kappa shape index (κ3) is 2.83. The molecule has 0 saturated heterocycles. The molecule has 0 aliphatic heterocycles. The second kappa shape index (κ2) is 4.84. The molecule has 1 aliphatic rings. The van der Waals surface area contributed by atoms with Crippen LogP contribution in [0.2, 0.25) is 0 Å². The van der Waals surface area contributed by atoms with E-state index in [9.17, 15) is 9.50 Å². The lowest BCUT2D eigenvalue weighted by molar-refractivity contribution is 0.00434. The van der Waals surface area contributed by atoms with Crippen molar-refractivity contribution in [1.29, 1.82) is 0 Å². The molecule has 0 bridgehead atoms. The molecule has 1 aliphatic carbocycles. The highest BCUT2D eigenvalue weighted by atomic mass is 79.9. The maximum absolute atomic E-state index is 12.9. The summed E-state index contributed by atoms with van der Waals surface area (Å²) in [6.45, 7) is 0. The summed E-state index contributed by atoms with van der Waals surface area (Å²) in [5.74, 6) is -0.244. The summed E-state index contributed by atoms with van der Waals surface area (Å²) in [4.78, 5) is 0. The average molecular weight is 287 g/mol. The average Bonchev–Trinajstić information content (AvgIpc) is 2.23. The van der Waals surface area contributed by atoms with Gasteiger partial charge in [-0.25, -0.2) is 4.39 Å². The zero-order valence-corrected chi connectivity index (χ0v) is 10.8. The van der Waals surface area contributed by atoms with Crippen molar-refractivity contribution < 1.29 is 9.50 Å². The van der Waals surface area contributed by atoms with Crippen LogP contribution in [0.4, 0.5) is 4.39 Å². The fourth-order valence-corrected chi connectivity index (χ4v) is 2.90. The highest BCUT2D eigenvalue weighted by molar-refractivity contribution is 9.10. The molecule has 0 unspecified atom stereocenters. The van der Waals surface area contributed by atoms with Crippen molar-refractivity contribution in [2.24, 2.45) is 0 Å². The van der Waals surface area contributed by atoms with E-state index < -0.39 is 5.60 Å². The number of benzene rings is 1. The van der Waals surface area contributed by atoms with E-state index >= 15 is 0 Å². The van der Waals surface area contributed by atoms with E-state index in [0.29, 0.717) is 6.42 Å². The van der Waals surface area contributed by atoms with Crippen LogP contribution in [0.5, 0.6) is 0 Å². The van der Waals surface area contributed by atoms with Crippen LogP contribution in [-0.4, -0.2) is 10.7 Å². The molecule has 16 heavy (non-hydrogen) atoms. The normalized spacial score (nSPS) is 19.7. The molecule has 1 aromatic carbocycles. The fourth-order valence-electron chi connectivity index (χ4n) is 2.41. The monoisotopic (exact) mass is 286 g/mol. The molecule has 0 spiro atoms. The van der Waals surface area contributed by atoms with Gasteiger partial charge in [-0.05, 0) is 30.5 Å². The van der Waals surface area contributed by atoms with E-state index in [1.54, 1.807) is 6.07 Å². The van der Waals surface area contributed by atoms with Gasteiger partial charge >= 0.3 is 0 Å². The largest absolute Gasteiger partial charge is 0.390 e. The third-order valence-corrected chi connectivity index (χ3v) is 4.06. The van der Waals surface area contributed by atoms with Crippen LogP contribution < -0.4 is 0 Å². The van der Waals surface area contributed by atoms with Crippen LogP contribution in [0, 0.1) is 5.82 Å². The van der Waals surface area contributed by atoms with Crippen molar-refractivity contribution in [3.05, 3.63) is 34.1 Å². The lowest BCUT2D eigenvalue weighted by Gasteiger charge is -2.32. The van der Waals surface area contributed by atoms with E-state index in [2.05, 4.69) is 15.9 Å². The van der Waals surface area contributed by atoms with Gasteiger partial charge in [0.05, 0.1) is 5.60 Å². The lowest BCUT2D eigenvalue weighted by Crippen LogP contribution is -2.33. The second-order valence-electron chi connectivity index (χ2n) is 4.70. The maximum atomic E-state index is 12.9. The Labute approximate surface area is 104 Å². The molecule has 1 nitrogen and oxygen atoms in total. The molecule has 0 atom stereocenters. The Morgan fingerprint density at radius 1 is 1.25 bits per heavy atom. The smallest absolute Gasteiger partial charge is 0.124 e. The minimum Gasteiger partial charge on any atom is -0.390 e. The van der Waals surface area contributed by atoms with E-state index in [1.165, 1.54) is 18.6 Å². The Bertz CT molecular complexity index is 372. The van der Waals surface area contributed by atoms with Crippen LogP contribution in [0.3, 0.4) is 0 Å². The molecule has 1 saturated carbocycles. The van der Waals surface area contributed by atoms with Gasteiger partial charge in [0, 0.05) is 10.9 Å². The Balaban J connectivity index is 2.13. The van der Waals surface area contributed by atoms with Gasteiger partial charge in [0.1, 0.15) is 5.82 Å². The topological polar surface area (TPSA) is 20.2 Å². The standard InChI is InChI=1S/C13H16BrFO/c14-12-8-11(15)5-4-10(12)9-13(16)6-2-1-3-7-13/h4-5,8,16H,1-3,6-7,9H2. The van der Waals surface area contributed by atoms with Crippen molar-refractivity contribution in [2.75, 3.05) is 0 Å². The predicted octanol–water partition coefficient (Wildman–Crippen LogP) is 3.83. The number of hydrogen-bond acceptors (Lipinski definition) is 1. The van der Waals surface area contributed by atoms with Crippen molar-refractivity contribution in [3.63, 3.8) is 0 Å². The van der Waals surface area contributed by atoms with Crippen LogP contribution in [-0.2, 0) is 6.42 Å². The van der Waals surface area contributed by atoms with Gasteiger partial charge in [-0.15, -0.1) is 0 Å². The number of aliphatic hydroxyl groups is 1. The minimum absolute atomic E-state index is 0.244. The van der Waals surface area contributed by atoms with Gasteiger partial charge < -0.3 is 5.11 Å². The highest BCUT2D eigenvalue weighted by Crippen LogP contribution is 2.33. The Hall–Kier alpha value is -0.410. The Kier molecular flexibility index (Phi) is 3.65. The number of rotatable bonds is 2. The molecule has 1 aromatic rings. The highest BCUT2D eigenvalue weighted by Gasteiger charge is 2.29. The summed E-state index contributed by atoms with van der Waals surface area (Å²) in [6, 6.07) is 4.67. The lowest BCUT2D eigenvalue weighted by atomic mass is 9.80. The summed E-state index contributed by atoms with van der Waals surface area (Å²) in [5, 5.41) is 10.4. The summed E-state index contributed by atoms with van der Waals surface area (Å²) in [7, 11) is 0. The molecule has 0 amide bonds. The Morgan fingerprint density at radius 2 is 1.94 bits per heavy atom. The maximum Gasteiger partial charge on any atom is 0.124 e. The zero-order valence-electron chi connectivity index (χ0n) is 9.18. The van der Waals surface area contributed by atoms with Crippen molar-refractivity contribution in [2.45, 2.75) is 44.1 Å². The van der Waals surface area contributed by atoms with Crippen LogP contribution >= 0.6 is 15.9 Å². The Morgan fingerprint density at radius 3 is 2.56 bits per heavy atom. The quantitative estimate of drug-likeness (QED) is 0.876. The first-order valence-electron chi connectivity index (χ1n) is 5.75. The number of halogens is 2. The minimum atomic E-state index is -0.585. The predicted molar refractivity (Wildman–Crippen MR) is 65.8 cm³/mol. The number of hydrogen-bond donors (Lipinski definition) is 1. The van der Waals surface area contributed by atoms with E-state index in [-0.39, 0.29) is 5.82 Å². The van der Waals surface area contributed by atoms with Gasteiger partial charge in [0.25, 0.3) is 0 Å². The SMILES string of the molecule is OC1(Cc2ccc(F)cc2Br)CCCCC1. The molecule has 0 aromatic heterocycles. The first kappa shape index (κ1) is 12.1. The molecule has 0 radical (unpaired) electrons. The van der Waals surface area contributed by atoms with Crippen LogP contribution in [0.25, 0.3) is 0 Å². The second-order valence-corrected chi connectivity index (χ2v) is 5.55. The van der Waals surface area contributed by atoms with Crippen molar-refractivity contribution in [3.8, 4) is 0 Å². The molecule has 1 N–H and O–H groups in total. The summed E-state index contributed by atoms with van der Waals surface area (Å²) in [6.07, 6.45) is 5.74. The van der Waals surface area contributed by atoms with Gasteiger partial charge in [-0.1, -0.05) is 41.3 Å². The van der Waals surface area contributed by atoms with Gasteiger partial charge in [0.2, 0.25) is 0 Å². The van der Waals surface area contributed by atoms with Gasteiger partial charge in [0.15, 0.2) is 0 Å². The van der Waals surface area contributed by atoms with E-state index in [4.69, 9.17) is 0 Å². The first-order chi connectivity index (χ1) is 7.59. The van der Waals surface area contributed by atoms with Crippen molar-refractivity contribution in [1.82, 2.24) is 0 Å². The molecule has 2 rings (SSSR count). The molecule has 1 fully saturated rings. The third-order valence-electron chi connectivity index (χ3n) is 3.32. The van der Waals surface area contributed by atoms with Crippen LogP contribution in [0.1, 0.15) is 37.7 Å². The summed E-state index contributed by atoms with van der Waals surface area (Å²) < 4.78 is 13.7. The molecule has 3 heteroatoms. The van der Waals surface area contributed by atoms with Crippen LogP contribution in [0.15, 0.2) is 22.7 Å². The first-order valence-corrected chi connectivity index (χ1v) is 6.55.